The molecule has 0 radical (unpaired) electrons. The van der Waals surface area contributed by atoms with Crippen molar-refractivity contribution in [3.63, 3.8) is 0 Å². The highest BCUT2D eigenvalue weighted by Crippen LogP contribution is 2.39. The van der Waals surface area contributed by atoms with E-state index in [0.29, 0.717) is 40.0 Å². The van der Waals surface area contributed by atoms with E-state index in [9.17, 15) is 14.4 Å². The fourth-order valence-corrected chi connectivity index (χ4v) is 4.11. The van der Waals surface area contributed by atoms with Gasteiger partial charge >= 0.3 is 6.03 Å². The van der Waals surface area contributed by atoms with Crippen LogP contribution in [-0.4, -0.2) is 53.3 Å². The van der Waals surface area contributed by atoms with Crippen LogP contribution < -0.4 is 10.6 Å². The molecule has 2 aliphatic heterocycles. The van der Waals surface area contributed by atoms with Gasteiger partial charge in [0.1, 0.15) is 6.04 Å². The van der Waals surface area contributed by atoms with Gasteiger partial charge in [-0.1, -0.05) is 35.3 Å². The van der Waals surface area contributed by atoms with Gasteiger partial charge in [0.25, 0.3) is 5.91 Å². The maximum Gasteiger partial charge on any atom is 0.322 e. The summed E-state index contributed by atoms with van der Waals surface area (Å²) in [4.78, 5) is 41.4. The van der Waals surface area contributed by atoms with Crippen LogP contribution in [0, 0.1) is 0 Å². The molecule has 1 aromatic carbocycles. The Morgan fingerprint density at radius 2 is 2.14 bits per heavy atom. The summed E-state index contributed by atoms with van der Waals surface area (Å²) >= 11 is 12.3. The zero-order chi connectivity index (χ0) is 21.3. The number of rotatable bonds is 6. The molecule has 2 N–H and O–H groups in total. The van der Waals surface area contributed by atoms with Crippen molar-refractivity contribution in [2.45, 2.75) is 25.9 Å². The van der Waals surface area contributed by atoms with E-state index >= 15 is 0 Å². The molecule has 0 fully saturated rings. The predicted molar refractivity (Wildman–Crippen MR) is 112 cm³/mol. The van der Waals surface area contributed by atoms with Crippen molar-refractivity contribution in [3.8, 4) is 0 Å². The first-order valence-electron chi connectivity index (χ1n) is 9.25. The number of hydrogen-bond donors (Lipinski definition) is 2. The average molecular weight is 437 g/mol. The molecule has 0 spiro atoms. The van der Waals surface area contributed by atoms with E-state index in [0.717, 1.165) is 0 Å². The Hall–Kier alpha value is -2.51. The lowest BCUT2D eigenvalue weighted by molar-refractivity contribution is -0.135. The fraction of sp³-hybridized carbons (Fsp3) is 0.350. The Kier molecular flexibility index (Phi) is 6.19. The minimum atomic E-state index is -0.717. The van der Waals surface area contributed by atoms with Crippen LogP contribution in [0.1, 0.15) is 25.5 Å². The molecule has 2 aliphatic rings. The smallest absolute Gasteiger partial charge is 0.322 e. The van der Waals surface area contributed by atoms with Crippen molar-refractivity contribution in [1.29, 1.82) is 0 Å². The number of nitrogens with one attached hydrogen (secondary N) is 2. The second kappa shape index (κ2) is 8.47. The number of carbonyl (C=O) groups excluding carboxylic acids is 3. The topological polar surface area (TPSA) is 81.8 Å². The van der Waals surface area contributed by atoms with Gasteiger partial charge in [-0.3, -0.25) is 14.5 Å². The van der Waals surface area contributed by atoms with Gasteiger partial charge in [-0.25, -0.2) is 4.79 Å². The summed E-state index contributed by atoms with van der Waals surface area (Å²) in [7, 11) is 0. The van der Waals surface area contributed by atoms with Crippen molar-refractivity contribution in [2.24, 2.45) is 0 Å². The van der Waals surface area contributed by atoms with E-state index in [1.807, 2.05) is 6.92 Å². The van der Waals surface area contributed by atoms with Crippen LogP contribution in [-0.2, 0) is 9.59 Å². The van der Waals surface area contributed by atoms with Crippen LogP contribution in [0.15, 0.2) is 42.1 Å². The van der Waals surface area contributed by atoms with Gasteiger partial charge in [0.15, 0.2) is 0 Å². The van der Waals surface area contributed by atoms with Gasteiger partial charge in [0, 0.05) is 23.1 Å². The summed E-state index contributed by atoms with van der Waals surface area (Å²) in [6, 6.07) is 3.18. The summed E-state index contributed by atoms with van der Waals surface area (Å²) in [5, 5.41) is 6.37. The lowest BCUT2D eigenvalue weighted by atomic mass is 9.95. The predicted octanol–water partition coefficient (Wildman–Crippen LogP) is 2.87. The van der Waals surface area contributed by atoms with Crippen LogP contribution in [0.25, 0.3) is 0 Å². The van der Waals surface area contributed by atoms with Crippen molar-refractivity contribution in [1.82, 2.24) is 20.4 Å². The Bertz CT molecular complexity index is 915. The van der Waals surface area contributed by atoms with Crippen LogP contribution in [0.4, 0.5) is 4.79 Å². The molecule has 0 bridgehead atoms. The first-order valence-corrected chi connectivity index (χ1v) is 10.0. The number of urea groups is 1. The van der Waals surface area contributed by atoms with Gasteiger partial charge in [-0.05, 0) is 31.5 Å². The van der Waals surface area contributed by atoms with Gasteiger partial charge in [-0.2, -0.15) is 0 Å². The van der Waals surface area contributed by atoms with Crippen molar-refractivity contribution < 1.29 is 14.4 Å². The third-order valence-electron chi connectivity index (χ3n) is 5.11. The van der Waals surface area contributed by atoms with Crippen LogP contribution in [0.5, 0.6) is 0 Å². The summed E-state index contributed by atoms with van der Waals surface area (Å²) in [5.74, 6) is -0.600. The quantitative estimate of drug-likeness (QED) is 0.672. The van der Waals surface area contributed by atoms with E-state index in [1.54, 1.807) is 31.2 Å². The SMILES string of the molecule is C=CCNC(=O)C(C)N1CC2=C(C1=O)C(c1ccc(Cl)cc1Cl)NC(=O)N2CC. The summed E-state index contributed by atoms with van der Waals surface area (Å²) < 4.78 is 0. The molecule has 29 heavy (non-hydrogen) atoms. The summed E-state index contributed by atoms with van der Waals surface area (Å²) in [6.07, 6.45) is 1.57. The van der Waals surface area contributed by atoms with Crippen molar-refractivity contribution in [2.75, 3.05) is 19.6 Å². The number of likely N-dealkylation sites (N-methyl/N-ethyl adjacent to an activating group) is 1. The molecule has 4 amide bonds. The molecular weight excluding hydrogens is 415 g/mol. The van der Waals surface area contributed by atoms with Gasteiger partial charge in [-0.15, -0.1) is 6.58 Å². The number of amides is 4. The monoisotopic (exact) mass is 436 g/mol. The minimum Gasteiger partial charge on any atom is -0.351 e. The van der Waals surface area contributed by atoms with Gasteiger partial charge < -0.3 is 15.5 Å². The molecule has 2 atom stereocenters. The summed E-state index contributed by atoms with van der Waals surface area (Å²) in [6.45, 7) is 7.92. The number of carbonyl (C=O) groups is 3. The molecule has 2 heterocycles. The number of hydrogen-bond acceptors (Lipinski definition) is 3. The summed E-state index contributed by atoms with van der Waals surface area (Å²) in [5.41, 5.74) is 1.58. The van der Waals surface area contributed by atoms with E-state index in [2.05, 4.69) is 17.2 Å². The molecule has 154 valence electrons. The molecule has 1 aromatic rings. The molecule has 3 rings (SSSR count). The lowest BCUT2D eigenvalue weighted by Gasteiger charge is -2.33. The average Bonchev–Trinajstić information content (AvgIpc) is 3.02. The standard InChI is InChI=1S/C20H22Cl2N4O3/c1-4-8-23-18(27)11(3)26-10-15-16(19(26)28)17(24-20(29)25(15)5-2)13-7-6-12(21)9-14(13)22/h4,6-7,9,11,17H,1,5,8,10H2,2-3H3,(H,23,27)(H,24,29). The highest BCUT2D eigenvalue weighted by Gasteiger charge is 2.46. The lowest BCUT2D eigenvalue weighted by Crippen LogP contribution is -2.47. The molecule has 0 aliphatic carbocycles. The third kappa shape index (κ3) is 3.84. The van der Waals surface area contributed by atoms with E-state index < -0.39 is 12.1 Å². The first-order chi connectivity index (χ1) is 13.8. The zero-order valence-corrected chi connectivity index (χ0v) is 17.7. The largest absolute Gasteiger partial charge is 0.351 e. The van der Waals surface area contributed by atoms with Gasteiger partial charge in [0.2, 0.25) is 5.91 Å². The molecular formula is C20H22Cl2N4O3. The first kappa shape index (κ1) is 21.2. The van der Waals surface area contributed by atoms with Gasteiger partial charge in [0.05, 0.1) is 23.9 Å². The van der Waals surface area contributed by atoms with Crippen molar-refractivity contribution in [3.05, 3.63) is 57.7 Å². The number of nitrogens with zero attached hydrogens (tertiary/aromatic N) is 2. The number of benzene rings is 1. The highest BCUT2D eigenvalue weighted by molar-refractivity contribution is 6.35. The van der Waals surface area contributed by atoms with E-state index in [4.69, 9.17) is 23.2 Å². The third-order valence-corrected chi connectivity index (χ3v) is 5.67. The van der Waals surface area contributed by atoms with Crippen LogP contribution in [0.2, 0.25) is 10.0 Å². The Morgan fingerprint density at radius 3 is 2.76 bits per heavy atom. The Labute approximate surface area is 179 Å². The van der Waals surface area contributed by atoms with E-state index in [-0.39, 0.29) is 24.4 Å². The molecule has 2 unspecified atom stereocenters. The molecule has 0 saturated carbocycles. The maximum absolute atomic E-state index is 13.3. The Balaban J connectivity index is 1.99. The molecule has 0 aromatic heterocycles. The maximum atomic E-state index is 13.3. The second-order valence-electron chi connectivity index (χ2n) is 6.80. The molecule has 9 heteroatoms. The second-order valence-corrected chi connectivity index (χ2v) is 7.64. The minimum absolute atomic E-state index is 0.166. The van der Waals surface area contributed by atoms with Crippen molar-refractivity contribution >= 4 is 41.0 Å². The zero-order valence-electron chi connectivity index (χ0n) is 16.2. The number of halogens is 2. The van der Waals surface area contributed by atoms with E-state index in [1.165, 1.54) is 9.80 Å². The molecule has 0 saturated heterocycles. The van der Waals surface area contributed by atoms with Crippen LogP contribution in [0.3, 0.4) is 0 Å². The molecule has 7 nitrogen and oxygen atoms in total. The normalized spacial score (nSPS) is 19.8. The van der Waals surface area contributed by atoms with Crippen LogP contribution >= 0.6 is 23.2 Å². The highest BCUT2D eigenvalue weighted by atomic mass is 35.5. The Morgan fingerprint density at radius 1 is 1.41 bits per heavy atom. The fourth-order valence-electron chi connectivity index (χ4n) is 3.59.